The number of benzene rings is 3. The van der Waals surface area contributed by atoms with Crippen LogP contribution in [0.2, 0.25) is 0 Å². The summed E-state index contributed by atoms with van der Waals surface area (Å²) in [6.45, 7) is 3.23. The van der Waals surface area contributed by atoms with E-state index in [4.69, 9.17) is 4.55 Å². The van der Waals surface area contributed by atoms with Gasteiger partial charge in [0, 0.05) is 5.69 Å². The van der Waals surface area contributed by atoms with Gasteiger partial charge in [-0.1, -0.05) is 18.2 Å². The van der Waals surface area contributed by atoms with Gasteiger partial charge in [-0.3, -0.25) is 14.1 Å². The topological polar surface area (TPSA) is 158 Å². The summed E-state index contributed by atoms with van der Waals surface area (Å²) in [4.78, 5) is 12.6. The fourth-order valence-electron chi connectivity index (χ4n) is 3.47. The molecular weight excluding hydrogens is 506 g/mol. The summed E-state index contributed by atoms with van der Waals surface area (Å²) in [5.41, 5.74) is 1.89. The number of carbonyl (C=O) groups is 1. The molecule has 1 amide bonds. The Balaban J connectivity index is 1.50. The predicted octanol–water partition coefficient (Wildman–Crippen LogP) is 3.92. The number of amides is 1. The number of nitrogens with one attached hydrogen (secondary N) is 1. The van der Waals surface area contributed by atoms with Crippen LogP contribution in [0.25, 0.3) is 0 Å². The van der Waals surface area contributed by atoms with Crippen LogP contribution in [0.4, 0.5) is 17.1 Å². The predicted molar refractivity (Wildman–Crippen MR) is 134 cm³/mol. The van der Waals surface area contributed by atoms with Gasteiger partial charge in [0.15, 0.2) is 6.04 Å². The monoisotopic (exact) mass is 527 g/mol. The molecule has 0 spiro atoms. The lowest BCUT2D eigenvalue weighted by Gasteiger charge is -2.12. The molecule has 1 atom stereocenters. The zero-order chi connectivity index (χ0) is 26.1. The summed E-state index contributed by atoms with van der Waals surface area (Å²) in [5, 5.41) is 13.4. The van der Waals surface area contributed by atoms with E-state index in [1.54, 1.807) is 50.2 Å². The lowest BCUT2D eigenvalue weighted by Crippen LogP contribution is -2.29. The Morgan fingerprint density at radius 1 is 0.944 bits per heavy atom. The highest BCUT2D eigenvalue weighted by molar-refractivity contribution is 7.92. The first-order valence-corrected chi connectivity index (χ1v) is 13.4. The average molecular weight is 528 g/mol. The molecular formula is C23H21N5O6S2. The summed E-state index contributed by atoms with van der Waals surface area (Å²) in [6.07, 6.45) is 0. The number of azo groups is 1. The second-order valence-electron chi connectivity index (χ2n) is 7.90. The van der Waals surface area contributed by atoms with Crippen molar-refractivity contribution in [1.29, 1.82) is 0 Å². The standard InChI is InChI=1S/C23H21N5O6S2/c1-15-14-18(8-13-21(15)35(30,31)27-17-6-4-3-5-7-17)24-25-22-16(2)26-28(23(22)29)19-9-11-20(12-10-19)36(32,33)34/h3-14,22,27H,1-2H3,(H,32,33,34). The number of hydrogen-bond donors (Lipinski definition) is 2. The van der Waals surface area contributed by atoms with Crippen molar-refractivity contribution in [2.45, 2.75) is 29.7 Å². The van der Waals surface area contributed by atoms with E-state index in [2.05, 4.69) is 20.1 Å². The van der Waals surface area contributed by atoms with E-state index in [1.807, 2.05) is 0 Å². The molecule has 0 radical (unpaired) electrons. The summed E-state index contributed by atoms with van der Waals surface area (Å²) < 4.78 is 59.6. The van der Waals surface area contributed by atoms with E-state index >= 15 is 0 Å². The Labute approximate surface area is 208 Å². The molecule has 1 heterocycles. The van der Waals surface area contributed by atoms with Gasteiger partial charge in [0.1, 0.15) is 0 Å². The van der Waals surface area contributed by atoms with Crippen LogP contribution in [0.5, 0.6) is 0 Å². The molecule has 0 aliphatic carbocycles. The smallest absolute Gasteiger partial charge is 0.282 e. The number of aryl methyl sites for hydroxylation is 1. The first-order chi connectivity index (χ1) is 17.0. The first-order valence-electron chi connectivity index (χ1n) is 10.5. The summed E-state index contributed by atoms with van der Waals surface area (Å²) in [6, 6.07) is 16.9. The lowest BCUT2D eigenvalue weighted by molar-refractivity contribution is -0.117. The molecule has 2 N–H and O–H groups in total. The third kappa shape index (κ3) is 5.32. The van der Waals surface area contributed by atoms with E-state index in [0.29, 0.717) is 28.3 Å². The van der Waals surface area contributed by atoms with Crippen LogP contribution in [-0.2, 0) is 24.9 Å². The van der Waals surface area contributed by atoms with Crippen molar-refractivity contribution in [3.8, 4) is 0 Å². The summed E-state index contributed by atoms with van der Waals surface area (Å²) >= 11 is 0. The Bertz CT molecular complexity index is 1590. The fourth-order valence-corrected chi connectivity index (χ4v) is 5.24. The highest BCUT2D eigenvalue weighted by Crippen LogP contribution is 2.27. The molecule has 1 aliphatic heterocycles. The summed E-state index contributed by atoms with van der Waals surface area (Å²) in [7, 11) is -8.18. The Hall–Kier alpha value is -3.94. The molecule has 11 nitrogen and oxygen atoms in total. The second-order valence-corrected chi connectivity index (χ2v) is 11.0. The van der Waals surface area contributed by atoms with Crippen LogP contribution in [0, 0.1) is 6.92 Å². The number of rotatable bonds is 7. The molecule has 13 heteroatoms. The van der Waals surface area contributed by atoms with Crippen LogP contribution in [0.15, 0.2) is 97.9 Å². The van der Waals surface area contributed by atoms with Crippen LogP contribution >= 0.6 is 0 Å². The average Bonchev–Trinajstić information content (AvgIpc) is 3.10. The second kappa shape index (κ2) is 9.60. The number of carbonyl (C=O) groups excluding carboxylic acids is 1. The third-order valence-electron chi connectivity index (χ3n) is 5.24. The molecule has 1 unspecified atom stereocenters. The molecule has 3 aromatic carbocycles. The van der Waals surface area contributed by atoms with Crippen molar-refractivity contribution in [1.82, 2.24) is 0 Å². The molecule has 0 aromatic heterocycles. The third-order valence-corrected chi connectivity index (χ3v) is 7.65. The van der Waals surface area contributed by atoms with Gasteiger partial charge in [-0.05, 0) is 74.0 Å². The number of anilines is 2. The largest absolute Gasteiger partial charge is 0.294 e. The highest BCUT2D eigenvalue weighted by atomic mass is 32.2. The Kier molecular flexibility index (Phi) is 6.71. The van der Waals surface area contributed by atoms with Gasteiger partial charge in [0.05, 0.1) is 26.9 Å². The number of hydrogen-bond acceptors (Lipinski definition) is 8. The van der Waals surface area contributed by atoms with Crippen LogP contribution in [0.1, 0.15) is 12.5 Å². The zero-order valence-corrected chi connectivity index (χ0v) is 20.7. The maximum absolute atomic E-state index is 12.8. The van der Waals surface area contributed by atoms with Crippen molar-refractivity contribution >= 4 is 48.8 Å². The molecule has 3 aromatic rings. The van der Waals surface area contributed by atoms with Crippen molar-refractivity contribution in [3.05, 3.63) is 78.4 Å². The lowest BCUT2D eigenvalue weighted by atomic mass is 10.2. The fraction of sp³-hybridized carbons (Fsp3) is 0.130. The number of para-hydroxylation sites is 1. The van der Waals surface area contributed by atoms with Crippen molar-refractivity contribution in [2.75, 3.05) is 9.73 Å². The highest BCUT2D eigenvalue weighted by Gasteiger charge is 2.35. The van der Waals surface area contributed by atoms with E-state index < -0.39 is 32.1 Å². The normalized spacial score (nSPS) is 16.4. The molecule has 186 valence electrons. The van der Waals surface area contributed by atoms with Gasteiger partial charge in [-0.15, -0.1) is 0 Å². The van der Waals surface area contributed by atoms with Crippen LogP contribution < -0.4 is 9.73 Å². The van der Waals surface area contributed by atoms with Crippen molar-refractivity contribution < 1.29 is 26.2 Å². The van der Waals surface area contributed by atoms with Gasteiger partial charge in [0.2, 0.25) is 0 Å². The van der Waals surface area contributed by atoms with Crippen LogP contribution in [-0.4, -0.2) is 39.0 Å². The summed E-state index contributed by atoms with van der Waals surface area (Å²) in [5.74, 6) is -0.501. The maximum atomic E-state index is 12.8. The Morgan fingerprint density at radius 3 is 2.22 bits per heavy atom. The molecule has 0 fully saturated rings. The minimum absolute atomic E-state index is 0.0829. The molecule has 0 bridgehead atoms. The van der Waals surface area contributed by atoms with Crippen molar-refractivity contribution in [3.63, 3.8) is 0 Å². The van der Waals surface area contributed by atoms with E-state index in [9.17, 15) is 21.6 Å². The molecule has 36 heavy (non-hydrogen) atoms. The maximum Gasteiger partial charge on any atom is 0.294 e. The molecule has 4 rings (SSSR count). The minimum Gasteiger partial charge on any atom is -0.282 e. The van der Waals surface area contributed by atoms with E-state index in [0.717, 1.165) is 17.1 Å². The number of nitrogens with zero attached hydrogens (tertiary/aromatic N) is 4. The van der Waals surface area contributed by atoms with Gasteiger partial charge in [-0.2, -0.15) is 28.8 Å². The Morgan fingerprint density at radius 2 is 1.61 bits per heavy atom. The van der Waals surface area contributed by atoms with E-state index in [-0.39, 0.29) is 9.79 Å². The van der Waals surface area contributed by atoms with Gasteiger partial charge in [0.25, 0.3) is 26.0 Å². The first kappa shape index (κ1) is 25.2. The minimum atomic E-state index is -4.36. The molecule has 0 saturated heterocycles. The quantitative estimate of drug-likeness (QED) is 0.350. The number of hydrazone groups is 1. The van der Waals surface area contributed by atoms with Gasteiger partial charge < -0.3 is 0 Å². The zero-order valence-electron chi connectivity index (χ0n) is 19.1. The van der Waals surface area contributed by atoms with Crippen LogP contribution in [0.3, 0.4) is 0 Å². The van der Waals surface area contributed by atoms with E-state index in [1.165, 1.54) is 24.3 Å². The molecule has 0 saturated carbocycles. The van der Waals surface area contributed by atoms with Gasteiger partial charge in [-0.25, -0.2) is 8.42 Å². The molecule has 1 aliphatic rings. The van der Waals surface area contributed by atoms with Gasteiger partial charge >= 0.3 is 0 Å². The SMILES string of the molecule is CC1=NN(c2ccc(S(=O)(=O)O)cc2)C(=O)C1N=Nc1ccc(S(=O)(=O)Nc2ccccc2)c(C)c1. The number of sulfonamides is 1. The van der Waals surface area contributed by atoms with Crippen molar-refractivity contribution in [2.24, 2.45) is 15.3 Å².